The Hall–Kier alpha value is -1.90. The van der Waals surface area contributed by atoms with Gasteiger partial charge in [0.15, 0.2) is 0 Å². The van der Waals surface area contributed by atoms with Crippen LogP contribution in [0.5, 0.6) is 5.75 Å². The molecule has 0 saturated heterocycles. The smallest absolute Gasteiger partial charge is 0.119 e. The SMILES string of the molecule is CCCCCCCc1cnc(-c2ccc(OCCCC3CCC(CCCCCCC)CC3)cc2)cn1. The molecule has 0 N–H and O–H groups in total. The molecule has 3 heteroatoms. The largest absolute Gasteiger partial charge is 0.494 e. The minimum atomic E-state index is 0.823. The highest BCUT2D eigenvalue weighted by atomic mass is 16.5. The second kappa shape index (κ2) is 17.5. The molecule has 1 aromatic heterocycles. The van der Waals surface area contributed by atoms with Crippen LogP contribution in [0.1, 0.15) is 129 Å². The first kappa shape index (κ1) is 28.7. The second-order valence-electron chi connectivity index (χ2n) is 11.2. The first-order chi connectivity index (χ1) is 17.8. The third-order valence-electron chi connectivity index (χ3n) is 8.10. The number of aryl methyl sites for hydroxylation is 1. The average Bonchev–Trinajstić information content (AvgIpc) is 2.92. The molecule has 1 aromatic carbocycles. The number of hydrogen-bond donors (Lipinski definition) is 0. The summed E-state index contributed by atoms with van der Waals surface area (Å²) >= 11 is 0. The quantitative estimate of drug-likeness (QED) is 0.194. The summed E-state index contributed by atoms with van der Waals surface area (Å²) in [5.41, 5.74) is 3.14. The molecule has 0 bridgehead atoms. The van der Waals surface area contributed by atoms with E-state index in [1.165, 1.54) is 109 Å². The van der Waals surface area contributed by atoms with Crippen LogP contribution in [0.2, 0.25) is 0 Å². The fourth-order valence-corrected chi connectivity index (χ4v) is 5.67. The molecule has 2 aromatic rings. The molecule has 1 heterocycles. The Labute approximate surface area is 221 Å². The highest BCUT2D eigenvalue weighted by molar-refractivity contribution is 5.58. The molecule has 1 aliphatic rings. The lowest BCUT2D eigenvalue weighted by Crippen LogP contribution is -2.15. The number of unbranched alkanes of at least 4 members (excludes halogenated alkanes) is 8. The molecule has 0 amide bonds. The van der Waals surface area contributed by atoms with Crippen LogP contribution in [0.4, 0.5) is 0 Å². The van der Waals surface area contributed by atoms with Crippen LogP contribution in [-0.2, 0) is 6.42 Å². The van der Waals surface area contributed by atoms with Gasteiger partial charge >= 0.3 is 0 Å². The number of hydrogen-bond acceptors (Lipinski definition) is 3. The summed E-state index contributed by atoms with van der Waals surface area (Å²) in [6.07, 6.45) is 28.2. The number of ether oxygens (including phenoxy) is 1. The first-order valence-electron chi connectivity index (χ1n) is 15.3. The van der Waals surface area contributed by atoms with Gasteiger partial charge in [-0.15, -0.1) is 0 Å². The minimum absolute atomic E-state index is 0.823. The van der Waals surface area contributed by atoms with E-state index in [0.717, 1.165) is 47.6 Å². The Bertz CT molecular complexity index is 793. The van der Waals surface area contributed by atoms with Crippen LogP contribution in [-0.4, -0.2) is 16.6 Å². The maximum atomic E-state index is 6.05. The molecule has 0 unspecified atom stereocenters. The third kappa shape index (κ3) is 11.0. The fraction of sp³-hybridized carbons (Fsp3) is 0.697. The van der Waals surface area contributed by atoms with Crippen LogP contribution in [0.25, 0.3) is 11.3 Å². The van der Waals surface area contributed by atoms with Crippen LogP contribution in [0.15, 0.2) is 36.7 Å². The van der Waals surface area contributed by atoms with Gasteiger partial charge in [0.05, 0.1) is 24.2 Å². The predicted molar refractivity (Wildman–Crippen MR) is 153 cm³/mol. The maximum Gasteiger partial charge on any atom is 0.119 e. The van der Waals surface area contributed by atoms with Gasteiger partial charge in [0, 0.05) is 11.8 Å². The van der Waals surface area contributed by atoms with Gasteiger partial charge in [0.25, 0.3) is 0 Å². The van der Waals surface area contributed by atoms with E-state index in [1.54, 1.807) is 0 Å². The fourth-order valence-electron chi connectivity index (χ4n) is 5.67. The summed E-state index contributed by atoms with van der Waals surface area (Å²) < 4.78 is 6.05. The molecule has 0 spiro atoms. The van der Waals surface area contributed by atoms with Gasteiger partial charge in [-0.3, -0.25) is 9.97 Å². The topological polar surface area (TPSA) is 35.0 Å². The number of aromatic nitrogens is 2. The Morgan fingerprint density at radius 2 is 1.28 bits per heavy atom. The lowest BCUT2D eigenvalue weighted by Gasteiger charge is -2.28. The van der Waals surface area contributed by atoms with Crippen molar-refractivity contribution in [2.24, 2.45) is 11.8 Å². The molecule has 1 fully saturated rings. The zero-order valence-electron chi connectivity index (χ0n) is 23.4. The standard InChI is InChI=1S/C33H52N2O/c1-3-5-7-9-11-14-28-17-19-29(20-18-28)15-13-25-36-32-23-21-30(22-24-32)33-27-34-31(26-35-33)16-12-10-8-6-4-2/h21-24,26-29H,3-20,25H2,1-2H3. The summed E-state index contributed by atoms with van der Waals surface area (Å²) in [5, 5.41) is 0. The zero-order chi connectivity index (χ0) is 25.3. The van der Waals surface area contributed by atoms with E-state index >= 15 is 0 Å². The van der Waals surface area contributed by atoms with E-state index in [1.807, 2.05) is 12.4 Å². The Kier molecular flexibility index (Phi) is 14.0. The van der Waals surface area contributed by atoms with Crippen LogP contribution in [0, 0.1) is 11.8 Å². The average molecular weight is 493 g/mol. The van der Waals surface area contributed by atoms with Crippen LogP contribution < -0.4 is 4.74 Å². The van der Waals surface area contributed by atoms with Crippen molar-refractivity contribution in [2.45, 2.75) is 129 Å². The van der Waals surface area contributed by atoms with Gasteiger partial charge in [-0.05, 0) is 61.8 Å². The lowest BCUT2D eigenvalue weighted by molar-refractivity contribution is 0.228. The molecule has 0 radical (unpaired) electrons. The predicted octanol–water partition coefficient (Wildman–Crippen LogP) is 9.98. The zero-order valence-corrected chi connectivity index (χ0v) is 23.4. The van der Waals surface area contributed by atoms with Gasteiger partial charge < -0.3 is 4.74 Å². The highest BCUT2D eigenvalue weighted by Crippen LogP contribution is 2.34. The van der Waals surface area contributed by atoms with E-state index in [-0.39, 0.29) is 0 Å². The Balaban J connectivity index is 1.27. The van der Waals surface area contributed by atoms with Gasteiger partial charge in [-0.1, -0.05) is 104 Å². The lowest BCUT2D eigenvalue weighted by atomic mass is 9.78. The Morgan fingerprint density at radius 1 is 0.667 bits per heavy atom. The minimum Gasteiger partial charge on any atom is -0.494 e. The van der Waals surface area contributed by atoms with Gasteiger partial charge in [0.1, 0.15) is 5.75 Å². The summed E-state index contributed by atoms with van der Waals surface area (Å²) in [4.78, 5) is 9.29. The first-order valence-corrected chi connectivity index (χ1v) is 15.3. The molecule has 0 aliphatic heterocycles. The monoisotopic (exact) mass is 492 g/mol. The molecule has 0 atom stereocenters. The van der Waals surface area contributed by atoms with Crippen molar-refractivity contribution < 1.29 is 4.74 Å². The van der Waals surface area contributed by atoms with Crippen LogP contribution in [0.3, 0.4) is 0 Å². The van der Waals surface area contributed by atoms with Crippen molar-refractivity contribution in [2.75, 3.05) is 6.61 Å². The van der Waals surface area contributed by atoms with Gasteiger partial charge in [-0.2, -0.15) is 0 Å². The number of benzene rings is 1. The normalized spacial score (nSPS) is 17.8. The third-order valence-corrected chi connectivity index (χ3v) is 8.10. The summed E-state index contributed by atoms with van der Waals surface area (Å²) in [5.74, 6) is 2.89. The molecule has 200 valence electrons. The van der Waals surface area contributed by atoms with Crippen molar-refractivity contribution >= 4 is 0 Å². The van der Waals surface area contributed by atoms with Crippen molar-refractivity contribution in [3.05, 3.63) is 42.4 Å². The highest BCUT2D eigenvalue weighted by Gasteiger charge is 2.20. The second-order valence-corrected chi connectivity index (χ2v) is 11.2. The van der Waals surface area contributed by atoms with Crippen molar-refractivity contribution in [1.82, 2.24) is 9.97 Å². The molecule has 36 heavy (non-hydrogen) atoms. The van der Waals surface area contributed by atoms with Gasteiger partial charge in [0.2, 0.25) is 0 Å². The van der Waals surface area contributed by atoms with Crippen molar-refractivity contribution in [1.29, 1.82) is 0 Å². The number of rotatable bonds is 18. The van der Waals surface area contributed by atoms with Crippen molar-refractivity contribution in [3.8, 4) is 17.0 Å². The maximum absolute atomic E-state index is 6.05. The Morgan fingerprint density at radius 3 is 1.89 bits per heavy atom. The summed E-state index contributed by atoms with van der Waals surface area (Å²) in [6, 6.07) is 8.36. The summed E-state index contributed by atoms with van der Waals surface area (Å²) in [7, 11) is 0. The van der Waals surface area contributed by atoms with Crippen LogP contribution >= 0.6 is 0 Å². The van der Waals surface area contributed by atoms with E-state index in [4.69, 9.17) is 4.74 Å². The molecule has 1 aliphatic carbocycles. The van der Waals surface area contributed by atoms with E-state index in [9.17, 15) is 0 Å². The van der Waals surface area contributed by atoms with E-state index in [2.05, 4.69) is 48.1 Å². The van der Waals surface area contributed by atoms with E-state index in [0.29, 0.717) is 0 Å². The molecular formula is C33H52N2O. The number of nitrogens with zero attached hydrogens (tertiary/aromatic N) is 2. The molecule has 1 saturated carbocycles. The molecule has 3 rings (SSSR count). The summed E-state index contributed by atoms with van der Waals surface area (Å²) in [6.45, 7) is 5.38. The molecule has 3 nitrogen and oxygen atoms in total. The van der Waals surface area contributed by atoms with Crippen molar-refractivity contribution in [3.63, 3.8) is 0 Å². The van der Waals surface area contributed by atoms with E-state index < -0.39 is 0 Å². The van der Waals surface area contributed by atoms with Gasteiger partial charge in [-0.25, -0.2) is 0 Å². The molecular weight excluding hydrogens is 440 g/mol.